The molecular formula is C20H19ClF3N3O. The van der Waals surface area contributed by atoms with E-state index in [1.54, 1.807) is 6.07 Å². The van der Waals surface area contributed by atoms with Gasteiger partial charge in [-0.2, -0.15) is 18.3 Å². The molecule has 3 rings (SSSR count). The Morgan fingerprint density at radius 3 is 2.46 bits per heavy atom. The average Bonchev–Trinajstić information content (AvgIpc) is 3.09. The fourth-order valence-corrected chi connectivity index (χ4v) is 2.97. The van der Waals surface area contributed by atoms with E-state index < -0.39 is 11.7 Å². The van der Waals surface area contributed by atoms with Gasteiger partial charge in [-0.05, 0) is 48.9 Å². The normalized spacial score (nSPS) is 12.8. The van der Waals surface area contributed by atoms with Crippen LogP contribution in [-0.2, 0) is 12.7 Å². The quantitative estimate of drug-likeness (QED) is 0.592. The number of hydrogen-bond acceptors (Lipinski definition) is 3. The Labute approximate surface area is 165 Å². The molecule has 0 aliphatic heterocycles. The van der Waals surface area contributed by atoms with Gasteiger partial charge >= 0.3 is 6.18 Å². The van der Waals surface area contributed by atoms with Gasteiger partial charge in [-0.15, -0.1) is 0 Å². The predicted molar refractivity (Wildman–Crippen MR) is 102 cm³/mol. The van der Waals surface area contributed by atoms with E-state index in [-0.39, 0.29) is 6.04 Å². The van der Waals surface area contributed by atoms with Crippen molar-refractivity contribution in [1.29, 1.82) is 0 Å². The minimum absolute atomic E-state index is 0.0425. The van der Waals surface area contributed by atoms with Crippen molar-refractivity contribution in [3.63, 3.8) is 0 Å². The predicted octanol–water partition coefficient (Wildman–Crippen LogP) is 5.40. The second-order valence-corrected chi connectivity index (χ2v) is 6.73. The first-order valence-electron chi connectivity index (χ1n) is 8.57. The zero-order valence-electron chi connectivity index (χ0n) is 15.3. The van der Waals surface area contributed by atoms with Crippen molar-refractivity contribution < 1.29 is 17.9 Å². The molecule has 0 amide bonds. The van der Waals surface area contributed by atoms with Gasteiger partial charge in [0.1, 0.15) is 0 Å². The second kappa shape index (κ2) is 8.24. The molecule has 0 unspecified atom stereocenters. The molecule has 1 heterocycles. The molecule has 0 spiro atoms. The van der Waals surface area contributed by atoms with Gasteiger partial charge in [0.05, 0.1) is 24.1 Å². The van der Waals surface area contributed by atoms with Crippen molar-refractivity contribution in [2.75, 3.05) is 7.11 Å². The molecule has 2 aromatic carbocycles. The minimum atomic E-state index is -4.38. The number of halogens is 4. The van der Waals surface area contributed by atoms with E-state index in [1.165, 1.54) is 23.9 Å². The van der Waals surface area contributed by atoms with Crippen LogP contribution in [0.4, 0.5) is 13.2 Å². The first kappa shape index (κ1) is 20.2. The van der Waals surface area contributed by atoms with Crippen LogP contribution in [0.5, 0.6) is 5.88 Å². The lowest BCUT2D eigenvalue weighted by molar-refractivity contribution is -0.137. The van der Waals surface area contributed by atoms with Gasteiger partial charge in [0, 0.05) is 23.7 Å². The van der Waals surface area contributed by atoms with Crippen LogP contribution in [0.25, 0.3) is 5.69 Å². The van der Waals surface area contributed by atoms with Crippen molar-refractivity contribution in [2.24, 2.45) is 0 Å². The summed E-state index contributed by atoms with van der Waals surface area (Å²) in [5.74, 6) is 0.437. The molecular weight excluding hydrogens is 391 g/mol. The number of hydrogen-bond donors (Lipinski definition) is 1. The maximum absolute atomic E-state index is 12.7. The third-order valence-corrected chi connectivity index (χ3v) is 4.55. The lowest BCUT2D eigenvalue weighted by atomic mass is 10.1. The van der Waals surface area contributed by atoms with Crippen LogP contribution in [0.3, 0.4) is 0 Å². The van der Waals surface area contributed by atoms with E-state index in [4.69, 9.17) is 16.3 Å². The smallest absolute Gasteiger partial charge is 0.416 e. The van der Waals surface area contributed by atoms with Crippen molar-refractivity contribution >= 4 is 11.6 Å². The van der Waals surface area contributed by atoms with Crippen molar-refractivity contribution in [3.8, 4) is 11.6 Å². The van der Waals surface area contributed by atoms with E-state index >= 15 is 0 Å². The van der Waals surface area contributed by atoms with Gasteiger partial charge in [-0.1, -0.05) is 23.7 Å². The summed E-state index contributed by atoms with van der Waals surface area (Å²) in [6.07, 6.45) is -4.38. The van der Waals surface area contributed by atoms with Gasteiger partial charge in [0.25, 0.3) is 0 Å². The minimum Gasteiger partial charge on any atom is -0.481 e. The summed E-state index contributed by atoms with van der Waals surface area (Å²) in [7, 11) is 1.49. The Balaban J connectivity index is 1.75. The average molecular weight is 410 g/mol. The molecule has 0 saturated heterocycles. The monoisotopic (exact) mass is 409 g/mol. The summed E-state index contributed by atoms with van der Waals surface area (Å²) in [4.78, 5) is 0. The highest BCUT2D eigenvalue weighted by atomic mass is 35.5. The molecule has 0 saturated carbocycles. The molecule has 148 valence electrons. The van der Waals surface area contributed by atoms with E-state index in [1.807, 2.05) is 31.2 Å². The lowest BCUT2D eigenvalue weighted by Crippen LogP contribution is -2.18. The number of rotatable bonds is 6. The van der Waals surface area contributed by atoms with Gasteiger partial charge < -0.3 is 10.1 Å². The summed E-state index contributed by atoms with van der Waals surface area (Å²) >= 11 is 6.03. The standard InChI is InChI=1S/C20H19ClF3N3O/c1-13(14-4-3-5-16(21)10-14)25-12-17-11-19(28-2)27(26-17)18-8-6-15(7-9-18)20(22,23)24/h3-11,13,25H,12H2,1-2H3/t13-/m1/s1. The molecule has 8 heteroatoms. The highest BCUT2D eigenvalue weighted by Gasteiger charge is 2.30. The SMILES string of the molecule is COc1cc(CN[C@H](C)c2cccc(Cl)c2)nn1-c1ccc(C(F)(F)F)cc1. The number of alkyl halides is 3. The largest absolute Gasteiger partial charge is 0.481 e. The molecule has 1 atom stereocenters. The van der Waals surface area contributed by atoms with Crippen LogP contribution in [0.15, 0.2) is 54.6 Å². The van der Waals surface area contributed by atoms with Gasteiger partial charge in [0.15, 0.2) is 0 Å². The summed E-state index contributed by atoms with van der Waals surface area (Å²) in [5.41, 5.74) is 1.52. The topological polar surface area (TPSA) is 39.1 Å². The van der Waals surface area contributed by atoms with Crippen LogP contribution < -0.4 is 10.1 Å². The number of benzene rings is 2. The molecule has 28 heavy (non-hydrogen) atoms. The zero-order valence-corrected chi connectivity index (χ0v) is 16.1. The molecule has 4 nitrogen and oxygen atoms in total. The van der Waals surface area contributed by atoms with E-state index in [0.29, 0.717) is 28.8 Å². The van der Waals surface area contributed by atoms with Gasteiger partial charge in [0.2, 0.25) is 5.88 Å². The molecule has 0 bridgehead atoms. The fourth-order valence-electron chi connectivity index (χ4n) is 2.77. The zero-order chi connectivity index (χ0) is 20.3. The Bertz CT molecular complexity index is 939. The van der Waals surface area contributed by atoms with Crippen molar-refractivity contribution in [3.05, 3.63) is 76.4 Å². The lowest BCUT2D eigenvalue weighted by Gasteiger charge is -2.13. The number of methoxy groups -OCH3 is 1. The summed E-state index contributed by atoms with van der Waals surface area (Å²) in [6.45, 7) is 2.47. The van der Waals surface area contributed by atoms with E-state index in [0.717, 1.165) is 17.7 Å². The van der Waals surface area contributed by atoms with Gasteiger partial charge in [-0.3, -0.25) is 0 Å². The first-order chi connectivity index (χ1) is 13.3. The summed E-state index contributed by atoms with van der Waals surface area (Å²) in [5, 5.41) is 8.46. The van der Waals surface area contributed by atoms with Crippen LogP contribution >= 0.6 is 11.6 Å². The molecule has 3 aromatic rings. The maximum Gasteiger partial charge on any atom is 0.416 e. The summed E-state index contributed by atoms with van der Waals surface area (Å²) < 4.78 is 45.0. The second-order valence-electron chi connectivity index (χ2n) is 6.29. The molecule has 0 aliphatic carbocycles. The van der Waals surface area contributed by atoms with E-state index in [9.17, 15) is 13.2 Å². The highest BCUT2D eigenvalue weighted by Crippen LogP contribution is 2.30. The number of nitrogens with one attached hydrogen (secondary N) is 1. The van der Waals surface area contributed by atoms with Crippen molar-refractivity contribution in [1.82, 2.24) is 15.1 Å². The van der Waals surface area contributed by atoms with Crippen molar-refractivity contribution in [2.45, 2.75) is 25.7 Å². The third-order valence-electron chi connectivity index (χ3n) is 4.31. The molecule has 1 N–H and O–H groups in total. The molecule has 0 radical (unpaired) electrons. The molecule has 0 fully saturated rings. The Morgan fingerprint density at radius 2 is 1.86 bits per heavy atom. The Kier molecular flexibility index (Phi) is 5.96. The third kappa shape index (κ3) is 4.66. The van der Waals surface area contributed by atoms with Crippen LogP contribution in [-0.4, -0.2) is 16.9 Å². The Hall–Kier alpha value is -2.51. The number of aromatic nitrogens is 2. The molecule has 0 aliphatic rings. The maximum atomic E-state index is 12.7. The number of ether oxygens (including phenoxy) is 1. The molecule has 1 aromatic heterocycles. The van der Waals surface area contributed by atoms with E-state index in [2.05, 4.69) is 10.4 Å². The van der Waals surface area contributed by atoms with Crippen LogP contribution in [0.1, 0.15) is 29.8 Å². The highest BCUT2D eigenvalue weighted by molar-refractivity contribution is 6.30. The fraction of sp³-hybridized carbons (Fsp3) is 0.250. The first-order valence-corrected chi connectivity index (χ1v) is 8.95. The summed E-state index contributed by atoms with van der Waals surface area (Å²) in [6, 6.07) is 14.1. The van der Waals surface area contributed by atoms with Gasteiger partial charge in [-0.25, -0.2) is 4.68 Å². The number of nitrogens with zero attached hydrogens (tertiary/aromatic N) is 2. The van der Waals surface area contributed by atoms with Crippen LogP contribution in [0.2, 0.25) is 5.02 Å². The Morgan fingerprint density at radius 1 is 1.14 bits per heavy atom. The van der Waals surface area contributed by atoms with Crippen LogP contribution in [0, 0.1) is 0 Å².